The number of allylic oxidation sites excluding steroid dienone is 1. The summed E-state index contributed by atoms with van der Waals surface area (Å²) in [7, 11) is -2.92. The molecule has 3 fully saturated rings. The van der Waals surface area contributed by atoms with E-state index < -0.39 is 28.6 Å². The van der Waals surface area contributed by atoms with Crippen molar-refractivity contribution in [3.8, 4) is 5.75 Å². The summed E-state index contributed by atoms with van der Waals surface area (Å²) in [5, 5.41) is 5.25. The van der Waals surface area contributed by atoms with Crippen LogP contribution in [0.5, 0.6) is 5.75 Å². The lowest BCUT2D eigenvalue weighted by molar-refractivity contribution is -0.150. The van der Waals surface area contributed by atoms with Crippen LogP contribution in [-0.4, -0.2) is 66.0 Å². The van der Waals surface area contributed by atoms with Crippen LogP contribution >= 0.6 is 22.4 Å². The number of rotatable bonds is 9. The van der Waals surface area contributed by atoms with Gasteiger partial charge in [0, 0.05) is 35.5 Å². The Morgan fingerprint density at radius 2 is 1.67 bits per heavy atom. The van der Waals surface area contributed by atoms with Crippen LogP contribution < -0.4 is 15.4 Å². The molecule has 0 bridgehead atoms. The lowest BCUT2D eigenvalue weighted by atomic mass is 9.96. The van der Waals surface area contributed by atoms with Gasteiger partial charge in [-0.25, -0.2) is 9.59 Å². The molecule has 45 heavy (non-hydrogen) atoms. The minimum absolute atomic E-state index is 0.223. The summed E-state index contributed by atoms with van der Waals surface area (Å²) in [5.74, 6) is -1.18. The Kier molecular flexibility index (Phi) is 8.03. The highest BCUT2D eigenvalue weighted by molar-refractivity contribution is 8.35. The molecule has 1 atom stereocenters. The summed E-state index contributed by atoms with van der Waals surface area (Å²) in [5.41, 5.74) is 3.98. The maximum absolute atomic E-state index is 12.7. The number of hydrogen-bond acceptors (Lipinski definition) is 9. The largest absolute Gasteiger partial charge is 0.492 e. The molecule has 12 heteroatoms. The molecule has 0 saturated carbocycles. The molecule has 0 aromatic heterocycles. The van der Waals surface area contributed by atoms with E-state index in [1.165, 1.54) is 12.8 Å². The number of anilines is 1. The molecule has 0 aliphatic carbocycles. The summed E-state index contributed by atoms with van der Waals surface area (Å²) >= 11 is 1.07. The molecule has 0 radical (unpaired) electrons. The number of ether oxygens (including phenoxy) is 1. The van der Waals surface area contributed by atoms with E-state index in [-0.39, 0.29) is 11.1 Å². The average Bonchev–Trinajstić information content (AvgIpc) is 3.83. The van der Waals surface area contributed by atoms with Crippen LogP contribution in [0.4, 0.5) is 10.5 Å². The first-order valence-electron chi connectivity index (χ1n) is 14.8. The Labute approximate surface area is 266 Å². The van der Waals surface area contributed by atoms with Gasteiger partial charge in [0.2, 0.25) is 5.91 Å². The smallest absolute Gasteiger partial charge is 0.442 e. The Bertz CT molecular complexity index is 1690. The third-order valence-corrected chi connectivity index (χ3v) is 11.8. The monoisotopic (exact) mass is 645 g/mol. The van der Waals surface area contributed by atoms with Crippen LogP contribution in [0.15, 0.2) is 77.7 Å². The van der Waals surface area contributed by atoms with E-state index in [0.29, 0.717) is 39.8 Å². The van der Waals surface area contributed by atoms with Gasteiger partial charge in [-0.3, -0.25) is 14.5 Å². The fourth-order valence-electron chi connectivity index (χ4n) is 5.99. The van der Waals surface area contributed by atoms with Gasteiger partial charge in [0.25, 0.3) is 5.24 Å². The van der Waals surface area contributed by atoms with Crippen molar-refractivity contribution in [3.63, 3.8) is 0 Å². The van der Waals surface area contributed by atoms with E-state index in [2.05, 4.69) is 15.5 Å². The molecule has 7 rings (SSSR count). The molecule has 3 aromatic carbocycles. The Morgan fingerprint density at radius 1 is 0.956 bits per heavy atom. The fourth-order valence-corrected chi connectivity index (χ4v) is 9.62. The first-order chi connectivity index (χ1) is 21.9. The molecule has 4 aliphatic rings. The molecule has 2 N–H and O–H groups in total. The first kappa shape index (κ1) is 29.5. The van der Waals surface area contributed by atoms with Crippen molar-refractivity contribution in [3.05, 3.63) is 89.5 Å². The summed E-state index contributed by atoms with van der Waals surface area (Å²) in [6.07, 6.45) is 2.98. The molecule has 0 unspecified atom stereocenters. The highest BCUT2D eigenvalue weighted by Gasteiger charge is 2.52. The highest BCUT2D eigenvalue weighted by Crippen LogP contribution is 2.76. The van der Waals surface area contributed by atoms with Crippen LogP contribution in [0.3, 0.4) is 0 Å². The van der Waals surface area contributed by atoms with E-state index in [0.717, 1.165) is 53.8 Å². The van der Waals surface area contributed by atoms with Gasteiger partial charge < -0.3 is 23.7 Å². The third kappa shape index (κ3) is 5.81. The summed E-state index contributed by atoms with van der Waals surface area (Å²) < 4.78 is 17.7. The quantitative estimate of drug-likeness (QED) is 0.305. The topological polar surface area (TPSA) is 123 Å². The zero-order valence-electron chi connectivity index (χ0n) is 24.3. The van der Waals surface area contributed by atoms with Crippen LogP contribution in [-0.2, 0) is 29.2 Å². The number of carbonyl (C=O) groups excluding carboxylic acids is 4. The van der Waals surface area contributed by atoms with Crippen LogP contribution in [0.2, 0.25) is 0 Å². The summed E-state index contributed by atoms with van der Waals surface area (Å²) in [6, 6.07) is 22.0. The Morgan fingerprint density at radius 3 is 2.36 bits per heavy atom. The summed E-state index contributed by atoms with van der Waals surface area (Å²) in [4.78, 5) is 52.9. The van der Waals surface area contributed by atoms with Gasteiger partial charge in [-0.05, 0) is 67.4 Å². The second-order valence-corrected chi connectivity index (χ2v) is 14.3. The predicted molar refractivity (Wildman–Crippen MR) is 172 cm³/mol. The van der Waals surface area contributed by atoms with E-state index in [1.54, 1.807) is 12.1 Å². The van der Waals surface area contributed by atoms with Crippen molar-refractivity contribution in [2.24, 2.45) is 0 Å². The Balaban J connectivity index is 1.18. The number of nitrogens with zero attached hydrogens (tertiary/aromatic N) is 1. The van der Waals surface area contributed by atoms with Gasteiger partial charge >= 0.3 is 11.9 Å². The molecule has 232 valence electrons. The van der Waals surface area contributed by atoms with Crippen molar-refractivity contribution in [1.82, 2.24) is 10.2 Å². The van der Waals surface area contributed by atoms with Gasteiger partial charge in [0.15, 0.2) is 0 Å². The molecule has 3 saturated heterocycles. The van der Waals surface area contributed by atoms with E-state index >= 15 is 0 Å². The van der Waals surface area contributed by atoms with Crippen molar-refractivity contribution >= 4 is 61.6 Å². The SMILES string of the molecule is O=C1N[C@H](C(=O)Nc2ccc(C3=C(Cc4ccc(OCCN5CCCC5)cc4)c4ccccc4S34OC(=O)C(=O)O4)cc2)CS1. The number of fused-ring (bicyclic) bond motifs is 2. The standard InChI is InChI=1S/C33H31N3O7S2/c37-30(27-20-44-33(40)35-27)34-23-11-9-22(10-12-23)29-26(25-5-1-2-6-28(25)45(29)42-31(38)32(39)43-45)19-21-7-13-24(14-8-21)41-18-17-36-15-3-4-16-36/h1-2,5-14,27H,3-4,15-20H2,(H,34,37)(H,35,40)/t27-/m0/s1. The first-order valence-corrected chi connectivity index (χ1v) is 17.3. The van der Waals surface area contributed by atoms with E-state index in [4.69, 9.17) is 13.1 Å². The van der Waals surface area contributed by atoms with Gasteiger partial charge in [-0.2, -0.15) is 0 Å². The molecule has 4 heterocycles. The van der Waals surface area contributed by atoms with Crippen LogP contribution in [0, 0.1) is 0 Å². The van der Waals surface area contributed by atoms with Crippen molar-refractivity contribution in [1.29, 1.82) is 0 Å². The van der Waals surface area contributed by atoms with Gasteiger partial charge in [-0.15, -0.1) is 0 Å². The van der Waals surface area contributed by atoms with Crippen molar-refractivity contribution in [2.45, 2.75) is 30.2 Å². The minimum Gasteiger partial charge on any atom is -0.492 e. The molecule has 4 aliphatic heterocycles. The van der Waals surface area contributed by atoms with Crippen molar-refractivity contribution in [2.75, 3.05) is 37.3 Å². The number of amides is 2. The second-order valence-electron chi connectivity index (χ2n) is 11.1. The normalized spacial score (nSPS) is 21.0. The molecule has 2 amide bonds. The lowest BCUT2D eigenvalue weighted by Gasteiger charge is -2.34. The number of benzene rings is 3. The van der Waals surface area contributed by atoms with E-state index in [9.17, 15) is 19.2 Å². The number of likely N-dealkylation sites (tertiary alicyclic amines) is 1. The zero-order valence-corrected chi connectivity index (χ0v) is 25.9. The average molecular weight is 646 g/mol. The molecular weight excluding hydrogens is 615 g/mol. The molecule has 10 nitrogen and oxygen atoms in total. The number of hydrogen-bond donors (Lipinski definition) is 2. The number of thioether (sulfide) groups is 1. The number of carbonyl (C=O) groups is 4. The van der Waals surface area contributed by atoms with Gasteiger partial charge in [-0.1, -0.05) is 64.8 Å². The van der Waals surface area contributed by atoms with Crippen LogP contribution in [0.1, 0.15) is 29.5 Å². The lowest BCUT2D eigenvalue weighted by Crippen LogP contribution is -2.38. The van der Waals surface area contributed by atoms with E-state index in [1.807, 2.05) is 60.7 Å². The second kappa shape index (κ2) is 12.3. The maximum atomic E-state index is 12.7. The minimum atomic E-state index is -2.92. The molecule has 3 aromatic rings. The molecule has 1 spiro atoms. The predicted octanol–water partition coefficient (Wildman–Crippen LogP) is 5.14. The van der Waals surface area contributed by atoms with Gasteiger partial charge in [0.1, 0.15) is 18.4 Å². The molecular formula is C33H31N3O7S2. The fraction of sp³-hybridized carbons (Fsp3) is 0.273. The highest BCUT2D eigenvalue weighted by atomic mass is 32.3. The zero-order chi connectivity index (χ0) is 31.0. The maximum Gasteiger partial charge on any atom is 0.442 e. The van der Waals surface area contributed by atoms with Gasteiger partial charge in [0.05, 0.1) is 9.80 Å². The Hall–Kier alpha value is -4.26. The van der Waals surface area contributed by atoms with Crippen molar-refractivity contribution < 1.29 is 32.3 Å². The van der Waals surface area contributed by atoms with Crippen LogP contribution in [0.25, 0.3) is 10.5 Å². The number of nitrogens with one attached hydrogen (secondary N) is 2. The summed E-state index contributed by atoms with van der Waals surface area (Å²) in [6.45, 7) is 3.81. The third-order valence-electron chi connectivity index (χ3n) is 8.18.